The lowest BCUT2D eigenvalue weighted by Crippen LogP contribution is -2.03. The standard InChI is InChI=1S/C8H17BrO.C5H10O/c9-7-5-3-1-2-4-6-8-10;1-2-4-6-5-3-1/h10H,1-8H2;1-5H2. The van der Waals surface area contributed by atoms with Gasteiger partial charge in [0, 0.05) is 25.2 Å². The number of halogens is 1. The molecule has 1 heterocycles. The van der Waals surface area contributed by atoms with E-state index in [0.717, 1.165) is 25.0 Å². The number of unbranched alkanes of at least 4 members (excludes halogenated alkanes) is 5. The van der Waals surface area contributed by atoms with E-state index in [1.54, 1.807) is 0 Å². The molecular weight excluding hydrogens is 268 g/mol. The molecule has 0 unspecified atom stereocenters. The van der Waals surface area contributed by atoms with Crippen LogP contribution in [0.4, 0.5) is 0 Å². The molecule has 0 atom stereocenters. The fourth-order valence-corrected chi connectivity index (χ4v) is 2.00. The van der Waals surface area contributed by atoms with Crippen molar-refractivity contribution in [1.82, 2.24) is 0 Å². The third-order valence-corrected chi connectivity index (χ3v) is 3.18. The molecule has 0 aromatic heterocycles. The van der Waals surface area contributed by atoms with Crippen molar-refractivity contribution in [3.63, 3.8) is 0 Å². The van der Waals surface area contributed by atoms with Crippen molar-refractivity contribution in [1.29, 1.82) is 0 Å². The Hall–Kier alpha value is 0.400. The number of alkyl halides is 1. The Morgan fingerprint density at radius 3 is 1.75 bits per heavy atom. The zero-order valence-electron chi connectivity index (χ0n) is 10.4. The Labute approximate surface area is 109 Å². The molecule has 0 radical (unpaired) electrons. The molecule has 1 saturated heterocycles. The predicted molar refractivity (Wildman–Crippen MR) is 73.3 cm³/mol. The second kappa shape index (κ2) is 15.4. The van der Waals surface area contributed by atoms with Gasteiger partial charge in [0.2, 0.25) is 0 Å². The van der Waals surface area contributed by atoms with E-state index < -0.39 is 0 Å². The van der Waals surface area contributed by atoms with Gasteiger partial charge in [0.25, 0.3) is 0 Å². The molecule has 0 bridgehead atoms. The predicted octanol–water partition coefficient (Wildman–Crippen LogP) is 3.90. The Bertz CT molecular complexity index is 97.0. The van der Waals surface area contributed by atoms with Crippen LogP contribution in [0.1, 0.15) is 57.8 Å². The molecule has 0 aliphatic carbocycles. The highest BCUT2D eigenvalue weighted by atomic mass is 79.9. The van der Waals surface area contributed by atoms with Gasteiger partial charge in [0.05, 0.1) is 0 Å². The maximum Gasteiger partial charge on any atom is 0.0466 e. The molecule has 3 heteroatoms. The second-order valence-corrected chi connectivity index (χ2v) is 5.00. The van der Waals surface area contributed by atoms with E-state index in [0.29, 0.717) is 6.61 Å². The van der Waals surface area contributed by atoms with Gasteiger partial charge in [-0.2, -0.15) is 0 Å². The van der Waals surface area contributed by atoms with Crippen molar-refractivity contribution in [2.45, 2.75) is 57.8 Å². The summed E-state index contributed by atoms with van der Waals surface area (Å²) >= 11 is 3.39. The minimum atomic E-state index is 0.360. The summed E-state index contributed by atoms with van der Waals surface area (Å²) in [6.07, 6.45) is 11.3. The highest BCUT2D eigenvalue weighted by molar-refractivity contribution is 9.09. The molecule has 1 fully saturated rings. The topological polar surface area (TPSA) is 29.5 Å². The Kier molecular flexibility index (Phi) is 15.8. The van der Waals surface area contributed by atoms with Gasteiger partial charge in [-0.15, -0.1) is 0 Å². The SMILES string of the molecule is C1CCOCC1.OCCCCCCCCBr. The minimum absolute atomic E-state index is 0.360. The Morgan fingerprint density at radius 1 is 0.812 bits per heavy atom. The molecule has 1 aliphatic rings. The lowest BCUT2D eigenvalue weighted by Gasteiger charge is -2.08. The van der Waals surface area contributed by atoms with Crippen LogP contribution in [0.15, 0.2) is 0 Å². The Morgan fingerprint density at radius 2 is 1.38 bits per heavy atom. The van der Waals surface area contributed by atoms with Crippen LogP contribution >= 0.6 is 15.9 Å². The monoisotopic (exact) mass is 294 g/mol. The van der Waals surface area contributed by atoms with E-state index in [4.69, 9.17) is 9.84 Å². The zero-order valence-corrected chi connectivity index (χ0v) is 12.0. The van der Waals surface area contributed by atoms with Gasteiger partial charge < -0.3 is 9.84 Å². The molecule has 0 aromatic carbocycles. The molecule has 2 nitrogen and oxygen atoms in total. The summed E-state index contributed by atoms with van der Waals surface area (Å²) < 4.78 is 5.07. The van der Waals surface area contributed by atoms with E-state index in [1.807, 2.05) is 0 Å². The quantitative estimate of drug-likeness (QED) is 0.570. The lowest BCUT2D eigenvalue weighted by molar-refractivity contribution is 0.0968. The smallest absolute Gasteiger partial charge is 0.0466 e. The van der Waals surface area contributed by atoms with Gasteiger partial charge in [-0.1, -0.05) is 41.6 Å². The molecule has 16 heavy (non-hydrogen) atoms. The van der Waals surface area contributed by atoms with Gasteiger partial charge >= 0.3 is 0 Å². The minimum Gasteiger partial charge on any atom is -0.396 e. The normalized spacial score (nSPS) is 15.4. The average molecular weight is 295 g/mol. The van der Waals surface area contributed by atoms with Gasteiger partial charge in [0.15, 0.2) is 0 Å². The molecule has 0 aromatic rings. The van der Waals surface area contributed by atoms with Gasteiger partial charge in [0.1, 0.15) is 0 Å². The van der Waals surface area contributed by atoms with Crippen molar-refractivity contribution >= 4 is 15.9 Å². The first-order valence-electron chi connectivity index (χ1n) is 6.66. The molecule has 0 saturated carbocycles. The third-order valence-electron chi connectivity index (χ3n) is 2.62. The fourth-order valence-electron chi connectivity index (χ4n) is 1.60. The maximum atomic E-state index is 8.46. The van der Waals surface area contributed by atoms with Crippen LogP contribution in [0.2, 0.25) is 0 Å². The molecule has 0 spiro atoms. The van der Waals surface area contributed by atoms with E-state index >= 15 is 0 Å². The highest BCUT2D eigenvalue weighted by Gasteiger charge is 1.95. The van der Waals surface area contributed by atoms with E-state index in [-0.39, 0.29) is 0 Å². The molecule has 1 rings (SSSR count). The number of rotatable bonds is 7. The molecule has 0 amide bonds. The van der Waals surface area contributed by atoms with E-state index in [2.05, 4.69) is 15.9 Å². The molecule has 1 aliphatic heterocycles. The van der Waals surface area contributed by atoms with Crippen molar-refractivity contribution in [2.24, 2.45) is 0 Å². The highest BCUT2D eigenvalue weighted by Crippen LogP contribution is 2.05. The number of aliphatic hydroxyl groups is 1. The average Bonchev–Trinajstić information content (AvgIpc) is 2.37. The van der Waals surface area contributed by atoms with Crippen molar-refractivity contribution in [3.8, 4) is 0 Å². The number of aliphatic hydroxyl groups excluding tert-OH is 1. The second-order valence-electron chi connectivity index (χ2n) is 4.21. The lowest BCUT2D eigenvalue weighted by atomic mass is 10.1. The van der Waals surface area contributed by atoms with Crippen molar-refractivity contribution < 1.29 is 9.84 Å². The van der Waals surface area contributed by atoms with Crippen LogP contribution in [0, 0.1) is 0 Å². The Balaban J connectivity index is 0.000000315. The first-order valence-corrected chi connectivity index (χ1v) is 7.78. The molecule has 98 valence electrons. The summed E-state index contributed by atoms with van der Waals surface area (Å²) in [7, 11) is 0. The summed E-state index contributed by atoms with van der Waals surface area (Å²) in [5.41, 5.74) is 0. The van der Waals surface area contributed by atoms with E-state index in [9.17, 15) is 0 Å². The largest absolute Gasteiger partial charge is 0.396 e. The zero-order chi connectivity index (χ0) is 11.9. The van der Waals surface area contributed by atoms with Crippen LogP contribution in [0.3, 0.4) is 0 Å². The molecule has 1 N–H and O–H groups in total. The van der Waals surface area contributed by atoms with Crippen LogP contribution in [-0.4, -0.2) is 30.3 Å². The van der Waals surface area contributed by atoms with Crippen LogP contribution in [0.5, 0.6) is 0 Å². The van der Waals surface area contributed by atoms with Gasteiger partial charge in [-0.3, -0.25) is 0 Å². The van der Waals surface area contributed by atoms with Crippen molar-refractivity contribution in [3.05, 3.63) is 0 Å². The summed E-state index contributed by atoms with van der Waals surface area (Å²) in [5, 5.41) is 9.59. The third kappa shape index (κ3) is 14.4. The molecular formula is C13H27BrO2. The van der Waals surface area contributed by atoms with E-state index in [1.165, 1.54) is 51.4 Å². The van der Waals surface area contributed by atoms with Crippen LogP contribution < -0.4 is 0 Å². The maximum absolute atomic E-state index is 8.46. The number of hydrogen-bond acceptors (Lipinski definition) is 2. The first-order chi connectivity index (χ1) is 7.91. The summed E-state index contributed by atoms with van der Waals surface area (Å²) in [4.78, 5) is 0. The number of ether oxygens (including phenoxy) is 1. The fraction of sp³-hybridized carbons (Fsp3) is 1.00. The summed E-state index contributed by atoms with van der Waals surface area (Å²) in [5.74, 6) is 0. The summed E-state index contributed by atoms with van der Waals surface area (Å²) in [6, 6.07) is 0. The summed E-state index contributed by atoms with van der Waals surface area (Å²) in [6.45, 7) is 2.36. The van der Waals surface area contributed by atoms with Crippen LogP contribution in [-0.2, 0) is 4.74 Å². The van der Waals surface area contributed by atoms with Gasteiger partial charge in [-0.05, 0) is 32.1 Å². The number of hydrogen-bond donors (Lipinski definition) is 1. The van der Waals surface area contributed by atoms with Gasteiger partial charge in [-0.25, -0.2) is 0 Å². The first kappa shape index (κ1) is 16.4. The van der Waals surface area contributed by atoms with Crippen molar-refractivity contribution in [2.75, 3.05) is 25.2 Å². The van der Waals surface area contributed by atoms with Crippen LogP contribution in [0.25, 0.3) is 0 Å².